The number of hydrogen-bond donors (Lipinski definition) is 0. The second-order valence-corrected chi connectivity index (χ2v) is 3.44. The van der Waals surface area contributed by atoms with E-state index in [1.165, 1.54) is 25.1 Å². The summed E-state index contributed by atoms with van der Waals surface area (Å²) in [6.07, 6.45) is 5.46. The van der Waals surface area contributed by atoms with Gasteiger partial charge in [0.1, 0.15) is 7.11 Å². The van der Waals surface area contributed by atoms with Gasteiger partial charge in [-0.15, -0.1) is 0 Å². The van der Waals surface area contributed by atoms with Crippen LogP contribution in [0.2, 0.25) is 0 Å². The van der Waals surface area contributed by atoms with Crippen LogP contribution in [0.1, 0.15) is 6.42 Å². The highest BCUT2D eigenvalue weighted by Gasteiger charge is 2.25. The van der Waals surface area contributed by atoms with E-state index in [4.69, 9.17) is 0 Å². The highest BCUT2D eigenvalue weighted by Crippen LogP contribution is 2.24. The van der Waals surface area contributed by atoms with E-state index in [0.717, 1.165) is 12.5 Å². The van der Waals surface area contributed by atoms with Gasteiger partial charge in [-0.2, -0.15) is 0 Å². The zero-order valence-electron chi connectivity index (χ0n) is 7.36. The Morgan fingerprint density at radius 3 is 3.42 bits per heavy atom. The molecule has 0 aromatic carbocycles. The molecule has 0 aromatic heterocycles. The van der Waals surface area contributed by atoms with Gasteiger partial charge in [0.05, 0.1) is 6.21 Å². The van der Waals surface area contributed by atoms with E-state index >= 15 is 0 Å². The zero-order chi connectivity index (χ0) is 8.39. The van der Waals surface area contributed by atoms with E-state index < -0.39 is 0 Å². The molecule has 12 heavy (non-hydrogen) atoms. The summed E-state index contributed by atoms with van der Waals surface area (Å²) in [5.74, 6) is 0.761. The fraction of sp³-hybridized carbons (Fsp3) is 0.667. The average molecular weight is 166 g/mol. The van der Waals surface area contributed by atoms with Gasteiger partial charge in [-0.25, -0.2) is 0 Å². The first-order valence-corrected chi connectivity index (χ1v) is 4.38. The van der Waals surface area contributed by atoms with Gasteiger partial charge in [-0.3, -0.25) is 4.90 Å². The number of rotatable bonds is 2. The summed E-state index contributed by atoms with van der Waals surface area (Å²) in [6, 6.07) is 0. The number of hydrogen-bond acceptors (Lipinski definition) is 3. The van der Waals surface area contributed by atoms with Gasteiger partial charge in [-0.1, -0.05) is 11.2 Å². The molecular formula is C9H14N2O. The molecule has 2 unspecified atom stereocenters. The van der Waals surface area contributed by atoms with Crippen molar-refractivity contribution in [3.05, 3.63) is 11.6 Å². The van der Waals surface area contributed by atoms with Crippen molar-refractivity contribution in [2.24, 2.45) is 11.1 Å². The summed E-state index contributed by atoms with van der Waals surface area (Å²) in [6.45, 7) is 3.53. The van der Waals surface area contributed by atoms with Crippen LogP contribution in [-0.2, 0) is 4.84 Å². The Kier molecular flexibility index (Phi) is 2.13. The molecule has 0 aliphatic carbocycles. The molecule has 0 spiro atoms. The van der Waals surface area contributed by atoms with Crippen molar-refractivity contribution >= 4 is 6.21 Å². The van der Waals surface area contributed by atoms with Crippen LogP contribution in [-0.4, -0.2) is 37.9 Å². The maximum atomic E-state index is 4.65. The molecule has 2 rings (SSSR count). The Morgan fingerprint density at radius 1 is 1.75 bits per heavy atom. The lowest BCUT2D eigenvalue weighted by Gasteiger charge is -2.20. The van der Waals surface area contributed by atoms with E-state index in [-0.39, 0.29) is 0 Å². The van der Waals surface area contributed by atoms with Gasteiger partial charge in [0.15, 0.2) is 0 Å². The van der Waals surface area contributed by atoms with Crippen molar-refractivity contribution in [2.75, 3.05) is 26.7 Å². The van der Waals surface area contributed by atoms with E-state index in [0.29, 0.717) is 0 Å². The lowest BCUT2D eigenvalue weighted by atomic mass is 10.0. The molecule has 0 saturated carbocycles. The summed E-state index contributed by atoms with van der Waals surface area (Å²) in [4.78, 5) is 7.11. The third-order valence-electron chi connectivity index (χ3n) is 2.49. The van der Waals surface area contributed by atoms with Crippen LogP contribution in [0.15, 0.2) is 16.8 Å². The van der Waals surface area contributed by atoms with Crippen LogP contribution in [0.4, 0.5) is 0 Å². The molecule has 3 heteroatoms. The molecule has 2 aliphatic heterocycles. The number of nitrogens with zero attached hydrogens (tertiary/aromatic N) is 2. The molecule has 0 aromatic rings. The Morgan fingerprint density at radius 2 is 2.67 bits per heavy atom. The predicted molar refractivity (Wildman–Crippen MR) is 48.1 cm³/mol. The molecule has 2 atom stereocenters. The van der Waals surface area contributed by atoms with Crippen LogP contribution >= 0.6 is 0 Å². The van der Waals surface area contributed by atoms with Gasteiger partial charge >= 0.3 is 0 Å². The lowest BCUT2D eigenvalue weighted by molar-refractivity contribution is 0.215. The molecule has 3 nitrogen and oxygen atoms in total. The molecule has 2 heterocycles. The summed E-state index contributed by atoms with van der Waals surface area (Å²) < 4.78 is 0. The first-order valence-electron chi connectivity index (χ1n) is 4.38. The normalized spacial score (nSPS) is 33.9. The molecule has 1 saturated heterocycles. The van der Waals surface area contributed by atoms with Crippen molar-refractivity contribution < 1.29 is 4.84 Å². The Bertz CT molecular complexity index is 223. The van der Waals surface area contributed by atoms with Crippen LogP contribution in [0, 0.1) is 5.92 Å². The van der Waals surface area contributed by atoms with Crippen molar-refractivity contribution in [3.63, 3.8) is 0 Å². The summed E-state index contributed by atoms with van der Waals surface area (Å²) in [7, 11) is 1.58. The molecule has 0 amide bonds. The average Bonchev–Trinajstić information content (AvgIpc) is 2.42. The summed E-state index contributed by atoms with van der Waals surface area (Å²) >= 11 is 0. The maximum absolute atomic E-state index is 4.65. The van der Waals surface area contributed by atoms with Gasteiger partial charge in [0, 0.05) is 13.1 Å². The molecular weight excluding hydrogens is 152 g/mol. The summed E-state index contributed by atoms with van der Waals surface area (Å²) in [5.41, 5.74) is 1.30. The fourth-order valence-corrected chi connectivity index (χ4v) is 1.96. The Hall–Kier alpha value is -0.830. The summed E-state index contributed by atoms with van der Waals surface area (Å²) in [5, 5.41) is 3.77. The Labute approximate surface area is 72.7 Å². The van der Waals surface area contributed by atoms with Gasteiger partial charge in [-0.05, 0) is 24.5 Å². The molecule has 66 valence electrons. The minimum atomic E-state index is 0.761. The minimum absolute atomic E-state index is 0.761. The highest BCUT2D eigenvalue weighted by atomic mass is 16.6. The molecule has 1 fully saturated rings. The second kappa shape index (κ2) is 3.27. The lowest BCUT2D eigenvalue weighted by Crippen LogP contribution is -2.26. The van der Waals surface area contributed by atoms with Gasteiger partial charge in [0.25, 0.3) is 0 Å². The van der Waals surface area contributed by atoms with Crippen LogP contribution in [0.5, 0.6) is 0 Å². The maximum Gasteiger partial charge on any atom is 0.106 e. The Balaban J connectivity index is 2.03. The van der Waals surface area contributed by atoms with E-state index in [9.17, 15) is 0 Å². The second-order valence-electron chi connectivity index (χ2n) is 3.44. The van der Waals surface area contributed by atoms with E-state index in [1.807, 2.05) is 6.21 Å². The number of fused-ring (bicyclic) bond motifs is 2. The first kappa shape index (κ1) is 7.80. The molecule has 0 N–H and O–H groups in total. The molecule has 0 radical (unpaired) electrons. The molecule has 2 aliphatic rings. The van der Waals surface area contributed by atoms with Gasteiger partial charge in [0.2, 0.25) is 0 Å². The predicted octanol–water partition coefficient (Wildman–Crippen LogP) is 0.881. The standard InChI is InChI=1S/C9H14N2O/c1-12-10-5-9-4-8-2-3-11(6-8)7-9/h4-5,8H,2-3,6-7H2,1H3. The van der Waals surface area contributed by atoms with Crippen molar-refractivity contribution in [2.45, 2.75) is 6.42 Å². The third-order valence-corrected chi connectivity index (χ3v) is 2.49. The number of oxime groups is 1. The first-order chi connectivity index (χ1) is 5.88. The van der Waals surface area contributed by atoms with Crippen molar-refractivity contribution in [1.29, 1.82) is 0 Å². The topological polar surface area (TPSA) is 24.8 Å². The van der Waals surface area contributed by atoms with Crippen molar-refractivity contribution in [1.82, 2.24) is 4.90 Å². The smallest absolute Gasteiger partial charge is 0.106 e. The van der Waals surface area contributed by atoms with Crippen LogP contribution < -0.4 is 0 Å². The van der Waals surface area contributed by atoms with E-state index in [2.05, 4.69) is 21.0 Å². The van der Waals surface area contributed by atoms with Crippen LogP contribution in [0.3, 0.4) is 0 Å². The molecule has 2 bridgehead atoms. The largest absolute Gasteiger partial charge is 0.399 e. The van der Waals surface area contributed by atoms with Crippen LogP contribution in [0.25, 0.3) is 0 Å². The highest BCUT2D eigenvalue weighted by molar-refractivity contribution is 5.79. The van der Waals surface area contributed by atoms with E-state index in [1.54, 1.807) is 7.11 Å². The monoisotopic (exact) mass is 166 g/mol. The SMILES string of the molecule is CON=CC1=CC2CCN(C1)C2. The third kappa shape index (κ3) is 1.50. The minimum Gasteiger partial charge on any atom is -0.399 e. The van der Waals surface area contributed by atoms with Crippen molar-refractivity contribution in [3.8, 4) is 0 Å². The quantitative estimate of drug-likeness (QED) is 0.449. The zero-order valence-corrected chi connectivity index (χ0v) is 7.36. The fourth-order valence-electron chi connectivity index (χ4n) is 1.96. The van der Waals surface area contributed by atoms with Gasteiger partial charge < -0.3 is 4.84 Å².